The highest BCUT2D eigenvalue weighted by molar-refractivity contribution is 7.88. The van der Waals surface area contributed by atoms with Gasteiger partial charge in [0.25, 0.3) is 0 Å². The molecule has 0 bridgehead atoms. The van der Waals surface area contributed by atoms with Crippen molar-refractivity contribution in [3.05, 3.63) is 29.8 Å². The summed E-state index contributed by atoms with van der Waals surface area (Å²) in [6.45, 7) is 0.154. The van der Waals surface area contributed by atoms with Gasteiger partial charge in [-0.1, -0.05) is 0 Å². The van der Waals surface area contributed by atoms with Crippen molar-refractivity contribution in [3.8, 4) is 0 Å². The molecule has 0 saturated carbocycles. The van der Waals surface area contributed by atoms with Gasteiger partial charge in [-0.15, -0.1) is 0 Å². The Kier molecular flexibility index (Phi) is 3.55. The second-order valence-electron chi connectivity index (χ2n) is 4.39. The predicted octanol–water partition coefficient (Wildman–Crippen LogP) is 0.795. The van der Waals surface area contributed by atoms with Crippen LogP contribution in [0.15, 0.2) is 18.2 Å². The van der Waals surface area contributed by atoms with Crippen LogP contribution in [0.3, 0.4) is 0 Å². The molecule has 1 aromatic rings. The van der Waals surface area contributed by atoms with Gasteiger partial charge >= 0.3 is 0 Å². The van der Waals surface area contributed by atoms with Gasteiger partial charge in [-0.25, -0.2) is 21.5 Å². The fraction of sp³-hybridized carbons (Fsp3) is 0.364. The van der Waals surface area contributed by atoms with Gasteiger partial charge in [0.15, 0.2) is 0 Å². The third-order valence-electron chi connectivity index (χ3n) is 2.88. The molecule has 2 rings (SSSR count). The number of sulfonamides is 1. The summed E-state index contributed by atoms with van der Waals surface area (Å²) in [7, 11) is -3.29. The first-order valence-electron chi connectivity index (χ1n) is 5.48. The Bertz CT molecular complexity index is 612. The van der Waals surface area contributed by atoms with Crippen molar-refractivity contribution in [1.82, 2.24) is 4.31 Å². The fourth-order valence-corrected chi connectivity index (χ4v) is 2.60. The Morgan fingerprint density at radius 2 is 2.00 bits per heavy atom. The Labute approximate surface area is 109 Å². The molecule has 104 valence electrons. The van der Waals surface area contributed by atoms with E-state index in [9.17, 15) is 22.0 Å². The van der Waals surface area contributed by atoms with Crippen molar-refractivity contribution in [3.63, 3.8) is 0 Å². The van der Waals surface area contributed by atoms with E-state index in [4.69, 9.17) is 0 Å². The van der Waals surface area contributed by atoms with Crippen molar-refractivity contribution < 1.29 is 22.0 Å². The number of carbonyl (C=O) groups is 1. The molecule has 1 saturated heterocycles. The molecule has 1 amide bonds. The molecule has 1 fully saturated rings. The van der Waals surface area contributed by atoms with E-state index in [1.807, 2.05) is 0 Å². The summed E-state index contributed by atoms with van der Waals surface area (Å²) in [5, 5.41) is 2.31. The topological polar surface area (TPSA) is 66.5 Å². The summed E-state index contributed by atoms with van der Waals surface area (Å²) in [6, 6.07) is 2.82. The first-order chi connectivity index (χ1) is 8.77. The Hall–Kier alpha value is -1.54. The quantitative estimate of drug-likeness (QED) is 0.895. The number of amides is 1. The van der Waals surface area contributed by atoms with Gasteiger partial charge in [0.05, 0.1) is 17.9 Å². The van der Waals surface area contributed by atoms with Crippen molar-refractivity contribution in [1.29, 1.82) is 0 Å². The van der Waals surface area contributed by atoms with Gasteiger partial charge in [0.2, 0.25) is 15.9 Å². The van der Waals surface area contributed by atoms with Crippen molar-refractivity contribution in [2.45, 2.75) is 0 Å². The van der Waals surface area contributed by atoms with Crippen LogP contribution < -0.4 is 5.32 Å². The lowest BCUT2D eigenvalue weighted by molar-refractivity contribution is -0.122. The van der Waals surface area contributed by atoms with Crippen LogP contribution in [0, 0.1) is 17.6 Å². The molecule has 1 aliphatic heterocycles. The van der Waals surface area contributed by atoms with Crippen LogP contribution in [-0.2, 0) is 14.8 Å². The Morgan fingerprint density at radius 1 is 1.37 bits per heavy atom. The average Bonchev–Trinajstić information content (AvgIpc) is 2.17. The van der Waals surface area contributed by atoms with Crippen LogP contribution in [-0.4, -0.2) is 38.0 Å². The van der Waals surface area contributed by atoms with Crippen LogP contribution in [0.4, 0.5) is 14.5 Å². The maximum absolute atomic E-state index is 13.3. The summed E-state index contributed by atoms with van der Waals surface area (Å²) < 4.78 is 49.4. The summed E-state index contributed by atoms with van der Waals surface area (Å²) in [5.41, 5.74) is -0.121. The summed E-state index contributed by atoms with van der Waals surface area (Å²) >= 11 is 0. The molecular formula is C11H12F2N2O3S. The fourth-order valence-electron chi connectivity index (χ4n) is 1.70. The number of halogens is 2. The number of rotatable bonds is 3. The van der Waals surface area contributed by atoms with Crippen LogP contribution >= 0.6 is 0 Å². The highest BCUT2D eigenvalue weighted by Crippen LogP contribution is 2.22. The number of benzene rings is 1. The second kappa shape index (κ2) is 4.86. The van der Waals surface area contributed by atoms with E-state index in [-0.39, 0.29) is 18.8 Å². The van der Waals surface area contributed by atoms with Crippen LogP contribution in [0.5, 0.6) is 0 Å². The molecule has 0 radical (unpaired) electrons. The van der Waals surface area contributed by atoms with E-state index in [2.05, 4.69) is 5.32 Å². The zero-order valence-corrected chi connectivity index (χ0v) is 10.9. The van der Waals surface area contributed by atoms with E-state index in [1.165, 1.54) is 0 Å². The normalized spacial score (nSPS) is 17.0. The molecule has 1 heterocycles. The van der Waals surface area contributed by atoms with Crippen LogP contribution in [0.2, 0.25) is 0 Å². The third-order valence-corrected chi connectivity index (χ3v) is 4.11. The van der Waals surface area contributed by atoms with E-state index in [0.29, 0.717) is 6.07 Å². The molecule has 0 spiro atoms. The predicted molar refractivity (Wildman–Crippen MR) is 64.9 cm³/mol. The molecule has 0 unspecified atom stereocenters. The zero-order valence-electron chi connectivity index (χ0n) is 10.1. The minimum absolute atomic E-state index is 0.0769. The number of carbonyl (C=O) groups excluding carboxylic acids is 1. The van der Waals surface area contributed by atoms with Gasteiger partial charge in [0, 0.05) is 19.2 Å². The molecule has 1 N–H and O–H groups in total. The van der Waals surface area contributed by atoms with Gasteiger partial charge in [-0.3, -0.25) is 4.79 Å². The molecule has 0 aromatic heterocycles. The van der Waals surface area contributed by atoms with Gasteiger partial charge < -0.3 is 5.32 Å². The largest absolute Gasteiger partial charge is 0.323 e. The minimum Gasteiger partial charge on any atom is -0.323 e. The SMILES string of the molecule is CS(=O)(=O)N1CC(C(=O)Nc2ccc(F)cc2F)C1. The molecule has 1 aromatic carbocycles. The first kappa shape index (κ1) is 13.9. The van der Waals surface area contributed by atoms with Gasteiger partial charge in [0.1, 0.15) is 11.6 Å². The number of nitrogens with zero attached hydrogens (tertiary/aromatic N) is 1. The standard InChI is InChI=1S/C11H12F2N2O3S/c1-19(17,18)15-5-7(6-15)11(16)14-10-3-2-8(12)4-9(10)13/h2-4,7H,5-6H2,1H3,(H,14,16). The monoisotopic (exact) mass is 290 g/mol. The number of hydrogen-bond donors (Lipinski definition) is 1. The smallest absolute Gasteiger partial charge is 0.230 e. The number of hydrogen-bond acceptors (Lipinski definition) is 3. The van der Waals surface area contributed by atoms with E-state index in [0.717, 1.165) is 22.7 Å². The summed E-state index contributed by atoms with van der Waals surface area (Å²) in [5.74, 6) is -2.60. The highest BCUT2D eigenvalue weighted by Gasteiger charge is 2.37. The number of nitrogens with one attached hydrogen (secondary N) is 1. The first-order valence-corrected chi connectivity index (χ1v) is 7.33. The molecule has 0 aliphatic carbocycles. The maximum Gasteiger partial charge on any atom is 0.230 e. The van der Waals surface area contributed by atoms with E-state index < -0.39 is 33.5 Å². The lowest BCUT2D eigenvalue weighted by Crippen LogP contribution is -2.53. The van der Waals surface area contributed by atoms with Crippen LogP contribution in [0.25, 0.3) is 0 Å². The van der Waals surface area contributed by atoms with Crippen molar-refractivity contribution >= 4 is 21.6 Å². The van der Waals surface area contributed by atoms with Crippen molar-refractivity contribution in [2.75, 3.05) is 24.7 Å². The summed E-state index contributed by atoms with van der Waals surface area (Å²) in [6.07, 6.45) is 1.06. The molecule has 1 aliphatic rings. The maximum atomic E-state index is 13.3. The Balaban J connectivity index is 1.96. The molecule has 5 nitrogen and oxygen atoms in total. The van der Waals surface area contributed by atoms with Gasteiger partial charge in [-0.05, 0) is 12.1 Å². The minimum atomic E-state index is -3.29. The molecule has 19 heavy (non-hydrogen) atoms. The third kappa shape index (κ3) is 3.07. The summed E-state index contributed by atoms with van der Waals surface area (Å²) in [4.78, 5) is 11.7. The number of anilines is 1. The van der Waals surface area contributed by atoms with E-state index >= 15 is 0 Å². The second-order valence-corrected chi connectivity index (χ2v) is 6.37. The average molecular weight is 290 g/mol. The molecular weight excluding hydrogens is 278 g/mol. The van der Waals surface area contributed by atoms with Crippen molar-refractivity contribution in [2.24, 2.45) is 5.92 Å². The van der Waals surface area contributed by atoms with Crippen LogP contribution in [0.1, 0.15) is 0 Å². The Morgan fingerprint density at radius 3 is 2.53 bits per heavy atom. The van der Waals surface area contributed by atoms with Gasteiger partial charge in [-0.2, -0.15) is 0 Å². The zero-order chi connectivity index (χ0) is 14.2. The molecule has 8 heteroatoms. The highest BCUT2D eigenvalue weighted by atomic mass is 32.2. The lowest BCUT2D eigenvalue weighted by Gasteiger charge is -2.35. The van der Waals surface area contributed by atoms with E-state index in [1.54, 1.807) is 0 Å². The molecule has 0 atom stereocenters. The lowest BCUT2D eigenvalue weighted by atomic mass is 10.0.